The number of carbonyl (C=O) groups excluding carboxylic acids is 4. The fourth-order valence-electron chi connectivity index (χ4n) is 8.91. The monoisotopic (exact) mass is 920 g/mol. The van der Waals surface area contributed by atoms with Crippen molar-refractivity contribution in [2.45, 2.75) is 62.4 Å². The van der Waals surface area contributed by atoms with Crippen LogP contribution in [0.15, 0.2) is 109 Å². The van der Waals surface area contributed by atoms with Crippen LogP contribution in [-0.2, 0) is 57.2 Å². The fourth-order valence-corrected chi connectivity index (χ4v) is 9.24. The van der Waals surface area contributed by atoms with Gasteiger partial charge in [0.05, 0.1) is 10.8 Å². The number of anilines is 2. The summed E-state index contributed by atoms with van der Waals surface area (Å²) < 4.78 is 5.11. The Morgan fingerprint density at radius 1 is 0.774 bits per heavy atom. The van der Waals surface area contributed by atoms with Crippen LogP contribution >= 0.6 is 15.9 Å². The predicted molar refractivity (Wildman–Crippen MR) is 244 cm³/mol. The number of rotatable bonds is 7. The smallest absolute Gasteiger partial charge is 1.00 e. The van der Waals surface area contributed by atoms with E-state index >= 15 is 0 Å². The summed E-state index contributed by atoms with van der Waals surface area (Å²) in [6.07, 6.45) is 18.1. The molecule has 314 valence electrons. The minimum absolute atomic E-state index is 0. The van der Waals surface area contributed by atoms with Gasteiger partial charge in [-0.25, -0.2) is 9.97 Å². The molecular weight excluding hydrogens is 872 g/mol. The molecule has 12 nitrogen and oxygen atoms in total. The van der Waals surface area contributed by atoms with Gasteiger partial charge in [-0.2, -0.15) is 0 Å². The molecule has 2 spiro atoms. The maximum absolute atomic E-state index is 12.7. The van der Waals surface area contributed by atoms with Crippen LogP contribution in [0.1, 0.15) is 67.8 Å². The number of nitrogens with one attached hydrogen (secondary N) is 2. The number of likely N-dealkylation sites (N-methyl/N-ethyl adjacent to an activating group) is 2. The summed E-state index contributed by atoms with van der Waals surface area (Å²) in [5.74, 6) is 1.47. The van der Waals surface area contributed by atoms with Crippen LogP contribution in [0, 0.1) is 0 Å². The third kappa shape index (κ3) is 8.52. The van der Waals surface area contributed by atoms with Crippen molar-refractivity contribution in [3.8, 4) is 0 Å². The van der Waals surface area contributed by atoms with E-state index < -0.39 is 5.41 Å². The number of nitrogens with zero attached hydrogens (tertiary/aromatic N) is 6. The number of hydrogen-bond acceptors (Lipinski definition) is 6. The predicted octanol–water partition coefficient (Wildman–Crippen LogP) is 5.28. The number of pyridine rings is 2. The summed E-state index contributed by atoms with van der Waals surface area (Å²) in [6, 6.07) is 20.4. The normalized spacial score (nSPS) is 15.8. The van der Waals surface area contributed by atoms with Gasteiger partial charge in [0, 0.05) is 110 Å². The Morgan fingerprint density at radius 3 is 1.73 bits per heavy atom. The SMILES string of the molecule is C=CC(=O)N(C)Cc1cn(C)c2ccccc12.CN(Cc1cn(C)c2ccccc12)C(=O)/C=C/c1cnc2c(c1)C1(CCC1)C(=O)N2.O=C1Nc2ncc(Br)cc2C12CCC2.[H-].[K+]. The van der Waals surface area contributed by atoms with Gasteiger partial charge < -0.3 is 31.0 Å². The van der Waals surface area contributed by atoms with Crippen molar-refractivity contribution in [2.24, 2.45) is 14.1 Å². The molecule has 2 saturated carbocycles. The van der Waals surface area contributed by atoms with Gasteiger partial charge in [0.25, 0.3) is 0 Å². The number of amides is 4. The molecule has 10 rings (SSSR count). The largest absolute Gasteiger partial charge is 1.00 e. The molecule has 0 unspecified atom stereocenters. The minimum Gasteiger partial charge on any atom is -1.00 e. The summed E-state index contributed by atoms with van der Waals surface area (Å²) in [4.78, 5) is 60.2. The topological polar surface area (TPSA) is 134 Å². The molecule has 4 aromatic heterocycles. The Morgan fingerprint density at radius 2 is 1.24 bits per heavy atom. The van der Waals surface area contributed by atoms with Crippen LogP contribution in [0.4, 0.5) is 11.6 Å². The van der Waals surface area contributed by atoms with E-state index in [1.807, 2.05) is 50.5 Å². The molecule has 0 saturated heterocycles. The van der Waals surface area contributed by atoms with Gasteiger partial charge in [0.15, 0.2) is 0 Å². The summed E-state index contributed by atoms with van der Waals surface area (Å²) in [5, 5.41) is 8.09. The molecule has 4 amide bonds. The second-order valence-corrected chi connectivity index (χ2v) is 17.4. The molecule has 2 N–H and O–H groups in total. The van der Waals surface area contributed by atoms with E-state index in [1.54, 1.807) is 48.4 Å². The summed E-state index contributed by atoms with van der Waals surface area (Å²) in [7, 11) is 7.62. The Hall–Kier alpha value is -4.70. The molecule has 0 bridgehead atoms. The second kappa shape index (κ2) is 18.6. The number of aromatic nitrogens is 4. The van der Waals surface area contributed by atoms with E-state index in [0.29, 0.717) is 18.9 Å². The molecule has 6 heterocycles. The fraction of sp³-hybridized carbons (Fsp3) is 0.292. The molecular formula is C48H50BrKN8O4. The Labute approximate surface area is 413 Å². The van der Waals surface area contributed by atoms with Gasteiger partial charge in [-0.1, -0.05) is 55.8 Å². The van der Waals surface area contributed by atoms with Crippen molar-refractivity contribution in [3.63, 3.8) is 0 Å². The first kappa shape index (κ1) is 45.3. The van der Waals surface area contributed by atoms with E-state index in [-0.39, 0.29) is 81.9 Å². The van der Waals surface area contributed by atoms with Crippen molar-refractivity contribution in [3.05, 3.63) is 136 Å². The molecule has 0 radical (unpaired) electrons. The van der Waals surface area contributed by atoms with E-state index in [0.717, 1.165) is 87.5 Å². The molecule has 14 heteroatoms. The molecule has 62 heavy (non-hydrogen) atoms. The average Bonchev–Trinajstić information content (AvgIpc) is 3.92. The van der Waals surface area contributed by atoms with Gasteiger partial charge in [0.1, 0.15) is 11.6 Å². The zero-order valence-corrected chi connectivity index (χ0v) is 40.6. The van der Waals surface area contributed by atoms with Crippen LogP contribution in [-0.4, -0.2) is 66.6 Å². The van der Waals surface area contributed by atoms with Crippen molar-refractivity contribution in [1.82, 2.24) is 28.9 Å². The van der Waals surface area contributed by atoms with Gasteiger partial charge in [-0.15, -0.1) is 0 Å². The first-order valence-corrected chi connectivity index (χ1v) is 21.3. The van der Waals surface area contributed by atoms with E-state index in [2.05, 4.69) is 88.9 Å². The number of para-hydroxylation sites is 2. The van der Waals surface area contributed by atoms with Crippen molar-refractivity contribution in [1.29, 1.82) is 0 Å². The maximum Gasteiger partial charge on any atom is 1.00 e. The van der Waals surface area contributed by atoms with Crippen LogP contribution in [0.3, 0.4) is 0 Å². The number of fused-ring (bicyclic) bond motifs is 6. The van der Waals surface area contributed by atoms with Gasteiger partial charge >= 0.3 is 51.4 Å². The Balaban J connectivity index is 0.000000170. The van der Waals surface area contributed by atoms with Crippen LogP contribution < -0.4 is 62.0 Å². The standard InChI is InChI=1S/C24H24N4O2.C14H16N2O.C10H9BrN2O.K.H/c1-27-14-17(18-6-3-4-7-20(18)27)15-28(2)21(29)9-8-16-12-19-22(25-13-16)26-23(30)24(19)10-5-11-24;1-4-14(17)16(3)10-11-9-15(2)13-8-6-5-7-12(11)13;11-6-4-7-8(12-5-6)13-9(14)10(7)2-1-3-10;;/h3-4,6-9,12-14H,5,10-11,15H2,1-2H3,(H,25,26,30);4-9H,1,10H2,2-3H3;4-5H,1-3H2,(H,12,13,14);;/q;;;+1;-1/b9-8+;;;;. The van der Waals surface area contributed by atoms with Crippen LogP contribution in [0.25, 0.3) is 27.9 Å². The van der Waals surface area contributed by atoms with Crippen molar-refractivity contribution in [2.75, 3.05) is 24.7 Å². The van der Waals surface area contributed by atoms with E-state index in [4.69, 9.17) is 0 Å². The maximum atomic E-state index is 12.7. The summed E-state index contributed by atoms with van der Waals surface area (Å²) >= 11 is 3.39. The quantitative estimate of drug-likeness (QED) is 0.166. The first-order chi connectivity index (χ1) is 29.3. The summed E-state index contributed by atoms with van der Waals surface area (Å²) in [6.45, 7) is 4.63. The van der Waals surface area contributed by atoms with Gasteiger partial charge in [-0.05, 0) is 94.7 Å². The Bertz CT molecular complexity index is 2770. The van der Waals surface area contributed by atoms with Crippen molar-refractivity contribution >= 4 is 79.1 Å². The number of carbonyl (C=O) groups is 4. The third-order valence-electron chi connectivity index (χ3n) is 12.7. The Kier molecular flexibility index (Phi) is 13.6. The second-order valence-electron chi connectivity index (χ2n) is 16.5. The van der Waals surface area contributed by atoms with Gasteiger partial charge in [-0.3, -0.25) is 19.2 Å². The number of benzene rings is 2. The molecule has 2 aromatic carbocycles. The number of halogens is 1. The number of aryl methyl sites for hydroxylation is 2. The molecule has 4 aliphatic rings. The van der Waals surface area contributed by atoms with Crippen molar-refractivity contribution < 1.29 is 72.0 Å². The first-order valence-electron chi connectivity index (χ1n) is 20.5. The molecule has 2 fully saturated rings. The number of hydrogen-bond donors (Lipinski definition) is 2. The van der Waals surface area contributed by atoms with Crippen LogP contribution in [0.5, 0.6) is 0 Å². The zero-order chi connectivity index (χ0) is 43.1. The zero-order valence-electron chi connectivity index (χ0n) is 36.9. The molecule has 6 aromatic rings. The summed E-state index contributed by atoms with van der Waals surface area (Å²) in [5.41, 5.74) is 6.84. The molecule has 2 aliphatic heterocycles. The molecule has 2 aliphatic carbocycles. The minimum atomic E-state index is -0.401. The third-order valence-corrected chi connectivity index (χ3v) is 13.1. The molecule has 0 atom stereocenters. The van der Waals surface area contributed by atoms with E-state index in [1.165, 1.54) is 17.0 Å². The van der Waals surface area contributed by atoms with Crippen LogP contribution in [0.2, 0.25) is 0 Å². The van der Waals surface area contributed by atoms with E-state index in [9.17, 15) is 19.2 Å². The average molecular weight is 922 g/mol. The van der Waals surface area contributed by atoms with Gasteiger partial charge in [0.2, 0.25) is 23.6 Å².